The number of nitrogens with zero attached hydrogens (tertiary/aromatic N) is 8. The van der Waals surface area contributed by atoms with Gasteiger partial charge in [-0.15, -0.1) is 0 Å². The number of carbonyl (C=O) groups excluding carboxylic acids is 2. The van der Waals surface area contributed by atoms with E-state index in [1.165, 1.54) is 11.1 Å². The van der Waals surface area contributed by atoms with E-state index in [0.29, 0.717) is 44.3 Å². The second-order valence-electron chi connectivity index (χ2n) is 15.6. The third kappa shape index (κ3) is 11.8. The van der Waals surface area contributed by atoms with E-state index >= 15 is 0 Å². The van der Waals surface area contributed by atoms with Crippen LogP contribution in [0.15, 0.2) is 59.7 Å². The normalized spacial score (nSPS) is 19.8. The van der Waals surface area contributed by atoms with Gasteiger partial charge >= 0.3 is 14.1 Å². The van der Waals surface area contributed by atoms with Crippen LogP contribution in [0.25, 0.3) is 0 Å². The molecule has 4 aromatic rings. The van der Waals surface area contributed by atoms with E-state index in [1.54, 1.807) is 26.0 Å². The van der Waals surface area contributed by atoms with Crippen molar-refractivity contribution in [1.82, 2.24) is 54.6 Å². The third-order valence-corrected chi connectivity index (χ3v) is 12.2. The summed E-state index contributed by atoms with van der Waals surface area (Å²) in [6, 6.07) is 7.32. The number of aromatic nitrogens is 5. The van der Waals surface area contributed by atoms with E-state index in [9.17, 15) is 19.6 Å². The molecule has 7 rings (SSSR count). The fraction of sp³-hybridized carbons (Fsp3) is 0.525. The van der Waals surface area contributed by atoms with Crippen LogP contribution in [0, 0.1) is 13.8 Å². The molecule has 0 radical (unpaired) electrons. The number of benzene rings is 1. The molecule has 2 fully saturated rings. The maximum absolute atomic E-state index is 13.7. The third-order valence-electron chi connectivity index (χ3n) is 11.6. The first kappa shape index (κ1) is 44.9. The molecule has 3 atom stereocenters. The number of nitrogens with one attached hydrogen (secondary N) is 3. The number of imidazole rings is 2. The van der Waals surface area contributed by atoms with Gasteiger partial charge < -0.3 is 44.8 Å². The standard InChI is InChI=1S/C27H33BBrClN6O2.C13H24BN5O2/c1-18-31-9-11-34(18)10-3-8-32-27(37)24-17-35(28(2)38)12-13-36(24)26-23-7-6-22(30)15-19(23)4-5-20-14-21(29)16-33-25(20)26;1-11-15-5-8-18(11)7-3-4-17-13(20)12-10-19(14(2)21)9-6-16-12/h6-7,9,11,14-16,24,26,38H,3-5,8,10,12-13,17H2,1-2H3,(H,32,37);5,8,12,16,21H,3-4,6-7,9-10H2,1-2H3,(H,17,20)/t24-,26?;12-/m11/s1. The molecule has 0 saturated carbocycles. The summed E-state index contributed by atoms with van der Waals surface area (Å²) in [6.07, 6.45) is 12.7. The molecule has 59 heavy (non-hydrogen) atoms. The Morgan fingerprint density at radius 3 is 2.12 bits per heavy atom. The Morgan fingerprint density at radius 1 is 0.864 bits per heavy atom. The number of hydrogen-bond acceptors (Lipinski definition) is 11. The molecule has 0 bridgehead atoms. The van der Waals surface area contributed by atoms with Crippen molar-refractivity contribution < 1.29 is 19.6 Å². The van der Waals surface area contributed by atoms with Crippen LogP contribution in [0.2, 0.25) is 18.7 Å². The Balaban J connectivity index is 0.000000236. The first-order valence-corrected chi connectivity index (χ1v) is 21.8. The van der Waals surface area contributed by atoms with Crippen molar-refractivity contribution in [3.05, 3.63) is 98.8 Å². The molecule has 1 aromatic carbocycles. The van der Waals surface area contributed by atoms with Crippen LogP contribution in [-0.4, -0.2) is 139 Å². The fourth-order valence-electron chi connectivity index (χ4n) is 8.18. The maximum Gasteiger partial charge on any atom is 0.376 e. The van der Waals surface area contributed by atoms with Gasteiger partial charge in [-0.3, -0.25) is 19.5 Å². The second-order valence-corrected chi connectivity index (χ2v) is 16.9. The summed E-state index contributed by atoms with van der Waals surface area (Å²) >= 11 is 10.00. The lowest BCUT2D eigenvalue weighted by atomic mass is 9.82. The van der Waals surface area contributed by atoms with E-state index in [0.717, 1.165) is 79.2 Å². The van der Waals surface area contributed by atoms with Crippen molar-refractivity contribution in [2.75, 3.05) is 52.4 Å². The Hall–Kier alpha value is -3.61. The average molecular weight is 893 g/mol. The molecule has 3 aliphatic rings. The predicted octanol–water partition coefficient (Wildman–Crippen LogP) is 2.58. The van der Waals surface area contributed by atoms with Crippen LogP contribution < -0.4 is 16.0 Å². The van der Waals surface area contributed by atoms with Crippen LogP contribution in [0.1, 0.15) is 52.9 Å². The van der Waals surface area contributed by atoms with E-state index in [2.05, 4.69) is 68.0 Å². The number of carbonyl (C=O) groups is 2. The Morgan fingerprint density at radius 2 is 1.49 bits per heavy atom. The molecule has 3 aromatic heterocycles. The van der Waals surface area contributed by atoms with Gasteiger partial charge in [-0.05, 0) is 104 Å². The summed E-state index contributed by atoms with van der Waals surface area (Å²) in [6.45, 7) is 14.0. The Bertz CT molecular complexity index is 1970. The van der Waals surface area contributed by atoms with Crippen LogP contribution in [-0.2, 0) is 35.5 Å². The lowest BCUT2D eigenvalue weighted by Gasteiger charge is -2.45. The van der Waals surface area contributed by atoms with Crippen LogP contribution >= 0.6 is 27.5 Å². The molecule has 19 heteroatoms. The molecule has 2 saturated heterocycles. The molecule has 1 unspecified atom stereocenters. The summed E-state index contributed by atoms with van der Waals surface area (Å²) in [5, 5.41) is 30.0. The van der Waals surface area contributed by atoms with Crippen molar-refractivity contribution in [2.45, 2.75) is 84.4 Å². The molecule has 2 aliphatic heterocycles. The Kier molecular flexibility index (Phi) is 16.2. The summed E-state index contributed by atoms with van der Waals surface area (Å²) in [4.78, 5) is 45.3. The first-order chi connectivity index (χ1) is 28.4. The minimum Gasteiger partial charge on any atom is -0.437 e. The number of halogens is 2. The van der Waals surface area contributed by atoms with E-state index in [4.69, 9.17) is 16.6 Å². The van der Waals surface area contributed by atoms with Gasteiger partial charge in [-0.1, -0.05) is 17.7 Å². The Labute approximate surface area is 361 Å². The summed E-state index contributed by atoms with van der Waals surface area (Å²) in [7, 11) is -1.13. The van der Waals surface area contributed by atoms with Gasteiger partial charge in [0.15, 0.2) is 0 Å². The second kappa shape index (κ2) is 21.3. The summed E-state index contributed by atoms with van der Waals surface area (Å²) < 4.78 is 5.10. The topological polar surface area (TPSA) is 169 Å². The molecule has 15 nitrogen and oxygen atoms in total. The van der Waals surface area contributed by atoms with Gasteiger partial charge in [-0.2, -0.15) is 0 Å². The number of aryl methyl sites for hydroxylation is 6. The highest BCUT2D eigenvalue weighted by atomic mass is 79.9. The van der Waals surface area contributed by atoms with Gasteiger partial charge in [-0.25, -0.2) is 9.97 Å². The van der Waals surface area contributed by atoms with Crippen molar-refractivity contribution >= 4 is 53.4 Å². The van der Waals surface area contributed by atoms with E-state index in [-0.39, 0.29) is 23.9 Å². The molecule has 0 spiro atoms. The number of piperazine rings is 2. The number of rotatable bonds is 13. The minimum absolute atomic E-state index is 0.00250. The maximum atomic E-state index is 13.7. The highest BCUT2D eigenvalue weighted by molar-refractivity contribution is 9.10. The van der Waals surface area contributed by atoms with E-state index in [1.807, 2.05) is 54.2 Å². The fourth-order valence-corrected chi connectivity index (χ4v) is 8.75. The molecule has 316 valence electrons. The molecule has 2 amide bonds. The smallest absolute Gasteiger partial charge is 0.376 e. The van der Waals surface area contributed by atoms with Gasteiger partial charge in [0, 0.05) is 106 Å². The van der Waals surface area contributed by atoms with Gasteiger partial charge in [0.25, 0.3) is 0 Å². The molecule has 1 aliphatic carbocycles. The molecular weight excluding hydrogens is 835 g/mol. The van der Waals surface area contributed by atoms with Crippen molar-refractivity contribution in [3.8, 4) is 0 Å². The predicted molar refractivity (Wildman–Crippen MR) is 235 cm³/mol. The average Bonchev–Trinajstić information content (AvgIpc) is 3.80. The van der Waals surface area contributed by atoms with Crippen LogP contribution in [0.4, 0.5) is 0 Å². The summed E-state index contributed by atoms with van der Waals surface area (Å²) in [5.41, 5.74) is 4.48. The highest BCUT2D eigenvalue weighted by Gasteiger charge is 2.41. The molecule has 5 N–H and O–H groups in total. The number of fused-ring (bicyclic) bond motifs is 2. The lowest BCUT2D eigenvalue weighted by molar-refractivity contribution is -0.129. The number of pyridine rings is 1. The van der Waals surface area contributed by atoms with Gasteiger partial charge in [0.05, 0.1) is 17.8 Å². The summed E-state index contributed by atoms with van der Waals surface area (Å²) in [5.74, 6) is 1.92. The molecule has 5 heterocycles. The van der Waals surface area contributed by atoms with E-state index < -0.39 is 20.1 Å². The molecular formula is C40H57B2BrClN11O4. The monoisotopic (exact) mass is 891 g/mol. The minimum atomic E-state index is -0.627. The zero-order chi connectivity index (χ0) is 42.1. The van der Waals surface area contributed by atoms with Crippen LogP contribution in [0.3, 0.4) is 0 Å². The quantitative estimate of drug-likeness (QED) is 0.0989. The zero-order valence-electron chi connectivity index (χ0n) is 34.5. The van der Waals surface area contributed by atoms with Crippen molar-refractivity contribution in [1.29, 1.82) is 0 Å². The number of hydrogen-bond donors (Lipinski definition) is 5. The lowest BCUT2D eigenvalue weighted by Crippen LogP contribution is -2.62. The SMILES string of the molecule is CB(O)N1CCN(C2c3ccc(Cl)cc3CCc3cc(Br)cnc32)[C@@H](C(=O)NCCCn2ccnc2C)C1.CB(O)N1CCN[C@@H](C(=O)NCCCn2ccnc2C)C1. The van der Waals surface area contributed by atoms with Crippen LogP contribution in [0.5, 0.6) is 0 Å². The van der Waals surface area contributed by atoms with Gasteiger partial charge in [0.1, 0.15) is 17.7 Å². The number of amides is 2. The largest absolute Gasteiger partial charge is 0.437 e. The van der Waals surface area contributed by atoms with Gasteiger partial charge in [0.2, 0.25) is 11.8 Å². The van der Waals surface area contributed by atoms with Crippen molar-refractivity contribution in [2.24, 2.45) is 0 Å². The van der Waals surface area contributed by atoms with Crippen molar-refractivity contribution in [3.63, 3.8) is 0 Å². The first-order valence-electron chi connectivity index (χ1n) is 20.7. The highest BCUT2D eigenvalue weighted by Crippen LogP contribution is 2.39. The zero-order valence-corrected chi connectivity index (χ0v) is 36.9.